The van der Waals surface area contributed by atoms with Crippen LogP contribution in [0.5, 0.6) is 0 Å². The van der Waals surface area contributed by atoms with Gasteiger partial charge in [-0.1, -0.05) is 12.8 Å². The van der Waals surface area contributed by atoms with Crippen molar-refractivity contribution in [2.45, 2.75) is 31.8 Å². The number of nitrogens with zero attached hydrogens (tertiary/aromatic N) is 2. The molecule has 2 rings (SSSR count). The van der Waals surface area contributed by atoms with Gasteiger partial charge in [-0.2, -0.15) is 0 Å². The lowest BCUT2D eigenvalue weighted by molar-refractivity contribution is -0.141. The second kappa shape index (κ2) is 5.34. The fourth-order valence-corrected chi connectivity index (χ4v) is 2.16. The van der Waals surface area contributed by atoms with Crippen molar-refractivity contribution in [2.75, 3.05) is 20.1 Å². The second-order valence-corrected chi connectivity index (χ2v) is 4.67. The molecule has 0 unspecified atom stereocenters. The molecule has 2 aliphatic rings. The summed E-state index contributed by atoms with van der Waals surface area (Å²) in [6.45, 7) is -0.260. The van der Waals surface area contributed by atoms with E-state index in [1.165, 1.54) is 11.9 Å². The number of hydrogen-bond acceptors (Lipinski definition) is 4. The monoisotopic (exact) mass is 255 g/mol. The Balaban J connectivity index is 1.76. The summed E-state index contributed by atoms with van der Waals surface area (Å²) in [4.78, 5) is 41.9. The molecular weight excluding hydrogens is 238 g/mol. The Morgan fingerprint density at radius 2 is 2.06 bits per heavy atom. The summed E-state index contributed by atoms with van der Waals surface area (Å²) in [5.41, 5.74) is 2.30. The van der Waals surface area contributed by atoms with Gasteiger partial charge in [-0.05, 0) is 12.8 Å². The van der Waals surface area contributed by atoms with E-state index in [9.17, 15) is 14.4 Å². The third-order valence-corrected chi connectivity index (χ3v) is 3.17. The summed E-state index contributed by atoms with van der Waals surface area (Å²) < 4.78 is 0. The Hall–Kier alpha value is -1.63. The minimum Gasteiger partial charge on any atom is -0.318 e. The molecule has 1 heterocycles. The van der Waals surface area contributed by atoms with Crippen molar-refractivity contribution < 1.29 is 19.2 Å². The Kier molecular flexibility index (Phi) is 3.81. The Labute approximate surface area is 105 Å². The van der Waals surface area contributed by atoms with Gasteiger partial charge in [0.2, 0.25) is 0 Å². The maximum Gasteiger partial charge on any atom is 0.327 e. The molecule has 0 spiro atoms. The maximum absolute atomic E-state index is 11.6. The topological polar surface area (TPSA) is 79.0 Å². The molecule has 1 N–H and O–H groups in total. The first-order valence-corrected chi connectivity index (χ1v) is 6.08. The van der Waals surface area contributed by atoms with Gasteiger partial charge in [-0.15, -0.1) is 0 Å². The van der Waals surface area contributed by atoms with Crippen LogP contribution in [0.1, 0.15) is 25.7 Å². The molecular formula is C11H17N3O4. The Morgan fingerprint density at radius 3 is 2.61 bits per heavy atom. The van der Waals surface area contributed by atoms with E-state index in [0.29, 0.717) is 0 Å². The lowest BCUT2D eigenvalue weighted by atomic mass is 10.3. The smallest absolute Gasteiger partial charge is 0.318 e. The van der Waals surface area contributed by atoms with Crippen LogP contribution in [0.4, 0.5) is 4.79 Å². The number of rotatable bonds is 4. The molecule has 7 heteroatoms. The predicted molar refractivity (Wildman–Crippen MR) is 61.2 cm³/mol. The van der Waals surface area contributed by atoms with Crippen molar-refractivity contribution in [2.24, 2.45) is 0 Å². The van der Waals surface area contributed by atoms with E-state index in [0.717, 1.165) is 30.6 Å². The molecule has 1 aliphatic heterocycles. The summed E-state index contributed by atoms with van der Waals surface area (Å²) >= 11 is 0. The average Bonchev–Trinajstić information content (AvgIpc) is 2.92. The molecule has 0 aromatic heterocycles. The number of nitrogens with one attached hydrogen (secondary N) is 1. The molecule has 0 bridgehead atoms. The number of hydrogen-bond donors (Lipinski definition) is 1. The molecule has 0 atom stereocenters. The highest BCUT2D eigenvalue weighted by Crippen LogP contribution is 2.19. The van der Waals surface area contributed by atoms with E-state index in [1.807, 2.05) is 0 Å². The Morgan fingerprint density at radius 1 is 1.39 bits per heavy atom. The zero-order chi connectivity index (χ0) is 13.1. The van der Waals surface area contributed by atoms with Crippen LogP contribution >= 0.6 is 0 Å². The number of likely N-dealkylation sites (N-methyl/N-ethyl adjacent to an activating group) is 1. The molecule has 7 nitrogen and oxygen atoms in total. The van der Waals surface area contributed by atoms with Crippen molar-refractivity contribution in [3.05, 3.63) is 0 Å². The minimum absolute atomic E-state index is 0.0234. The third-order valence-electron chi connectivity index (χ3n) is 3.17. The third kappa shape index (κ3) is 2.79. The summed E-state index contributed by atoms with van der Waals surface area (Å²) in [5, 5.41) is 0. The Bertz CT molecular complexity index is 365. The highest BCUT2D eigenvalue weighted by Gasteiger charge is 2.34. The van der Waals surface area contributed by atoms with Crippen LogP contribution in [-0.2, 0) is 14.4 Å². The van der Waals surface area contributed by atoms with E-state index in [4.69, 9.17) is 4.84 Å². The summed E-state index contributed by atoms with van der Waals surface area (Å²) in [6.07, 6.45) is 4.14. The first kappa shape index (κ1) is 12.8. The molecule has 1 saturated carbocycles. The first-order chi connectivity index (χ1) is 8.58. The van der Waals surface area contributed by atoms with Gasteiger partial charge < -0.3 is 4.90 Å². The largest absolute Gasteiger partial charge is 0.327 e. The number of hydroxylamine groups is 1. The molecule has 2 fully saturated rings. The van der Waals surface area contributed by atoms with Gasteiger partial charge in [0.25, 0.3) is 11.8 Å². The molecule has 1 saturated heterocycles. The highest BCUT2D eigenvalue weighted by molar-refractivity contribution is 6.04. The summed E-state index contributed by atoms with van der Waals surface area (Å²) in [5.74, 6) is -0.836. The SMILES string of the molecule is CN1CC(=O)N(CC(=O)NOC2CCCC2)C1=O. The molecule has 0 radical (unpaired) electrons. The van der Waals surface area contributed by atoms with Gasteiger partial charge in [-0.3, -0.25) is 19.3 Å². The molecule has 1 aliphatic carbocycles. The van der Waals surface area contributed by atoms with E-state index in [-0.39, 0.29) is 25.1 Å². The molecule has 0 aromatic carbocycles. The van der Waals surface area contributed by atoms with E-state index in [2.05, 4.69) is 5.48 Å². The number of carbonyl (C=O) groups excluding carboxylic acids is 3. The van der Waals surface area contributed by atoms with Crippen molar-refractivity contribution in [1.82, 2.24) is 15.3 Å². The standard InChI is InChI=1S/C11H17N3O4/c1-13-7-10(16)14(11(13)17)6-9(15)12-18-8-4-2-3-5-8/h8H,2-7H2,1H3,(H,12,15). The lowest BCUT2D eigenvalue weighted by Gasteiger charge is -2.15. The summed E-state index contributed by atoms with van der Waals surface area (Å²) in [7, 11) is 1.52. The second-order valence-electron chi connectivity index (χ2n) is 4.67. The van der Waals surface area contributed by atoms with Crippen LogP contribution in [0.3, 0.4) is 0 Å². The fraction of sp³-hybridized carbons (Fsp3) is 0.727. The summed E-state index contributed by atoms with van der Waals surface area (Å²) in [6, 6.07) is -0.448. The van der Waals surface area contributed by atoms with Crippen molar-refractivity contribution in [3.63, 3.8) is 0 Å². The molecule has 100 valence electrons. The minimum atomic E-state index is -0.473. The predicted octanol–water partition coefficient (Wildman–Crippen LogP) is -0.129. The van der Waals surface area contributed by atoms with Gasteiger partial charge in [0.05, 0.1) is 6.10 Å². The van der Waals surface area contributed by atoms with Crippen LogP contribution in [0.15, 0.2) is 0 Å². The van der Waals surface area contributed by atoms with Crippen LogP contribution in [0.2, 0.25) is 0 Å². The zero-order valence-electron chi connectivity index (χ0n) is 10.3. The van der Waals surface area contributed by atoms with Gasteiger partial charge in [0, 0.05) is 7.05 Å². The van der Waals surface area contributed by atoms with Crippen LogP contribution < -0.4 is 5.48 Å². The number of amides is 4. The first-order valence-electron chi connectivity index (χ1n) is 6.08. The van der Waals surface area contributed by atoms with E-state index >= 15 is 0 Å². The van der Waals surface area contributed by atoms with Crippen LogP contribution in [0.25, 0.3) is 0 Å². The quantitative estimate of drug-likeness (QED) is 0.560. The molecule has 0 aromatic rings. The van der Waals surface area contributed by atoms with Crippen molar-refractivity contribution >= 4 is 17.8 Å². The van der Waals surface area contributed by atoms with Crippen molar-refractivity contribution in [1.29, 1.82) is 0 Å². The van der Waals surface area contributed by atoms with Gasteiger partial charge >= 0.3 is 6.03 Å². The van der Waals surface area contributed by atoms with Crippen LogP contribution in [-0.4, -0.2) is 53.9 Å². The normalized spacial score (nSPS) is 20.9. The number of carbonyl (C=O) groups is 3. The van der Waals surface area contributed by atoms with Crippen molar-refractivity contribution in [3.8, 4) is 0 Å². The number of imide groups is 1. The van der Waals surface area contributed by atoms with E-state index in [1.54, 1.807) is 0 Å². The fourth-order valence-electron chi connectivity index (χ4n) is 2.16. The van der Waals surface area contributed by atoms with Gasteiger partial charge in [0.1, 0.15) is 13.1 Å². The lowest BCUT2D eigenvalue weighted by Crippen LogP contribution is -2.41. The van der Waals surface area contributed by atoms with Gasteiger partial charge in [0.15, 0.2) is 0 Å². The zero-order valence-corrected chi connectivity index (χ0v) is 10.3. The van der Waals surface area contributed by atoms with Gasteiger partial charge in [-0.25, -0.2) is 10.3 Å². The van der Waals surface area contributed by atoms with Crippen LogP contribution in [0, 0.1) is 0 Å². The number of urea groups is 1. The molecule has 18 heavy (non-hydrogen) atoms. The highest BCUT2D eigenvalue weighted by atomic mass is 16.7. The maximum atomic E-state index is 11.6. The molecule has 4 amide bonds. The van der Waals surface area contributed by atoms with E-state index < -0.39 is 11.9 Å². The average molecular weight is 255 g/mol.